The number of nitrogens with two attached hydrogens (primary N) is 1. The molecular weight excluding hydrogens is 398 g/mol. The lowest BCUT2D eigenvalue weighted by Crippen LogP contribution is -2.15. The molecule has 144 valence electrons. The molecule has 0 aliphatic carbocycles. The van der Waals surface area contributed by atoms with Gasteiger partial charge in [-0.15, -0.1) is 21.5 Å². The molecular formula is C18H17N5O3S2. The molecule has 0 unspecified atom stereocenters. The molecule has 10 heteroatoms. The van der Waals surface area contributed by atoms with Crippen molar-refractivity contribution in [2.24, 2.45) is 0 Å². The van der Waals surface area contributed by atoms with Gasteiger partial charge in [-0.25, -0.2) is 9.66 Å². The zero-order valence-corrected chi connectivity index (χ0v) is 16.6. The van der Waals surface area contributed by atoms with E-state index in [0.29, 0.717) is 28.4 Å². The van der Waals surface area contributed by atoms with Crippen molar-refractivity contribution in [1.29, 1.82) is 0 Å². The maximum Gasteiger partial charge on any atom is 0.236 e. The predicted octanol–water partition coefficient (Wildman–Crippen LogP) is 3.59. The highest BCUT2D eigenvalue weighted by molar-refractivity contribution is 7.98. The van der Waals surface area contributed by atoms with Gasteiger partial charge in [-0.05, 0) is 23.6 Å². The third-order valence-electron chi connectivity index (χ3n) is 3.78. The zero-order valence-electron chi connectivity index (χ0n) is 14.9. The number of aromatic nitrogens is 4. The number of nitrogen functional groups attached to an aromatic ring is 1. The summed E-state index contributed by atoms with van der Waals surface area (Å²) in [5, 5.41) is 10.8. The summed E-state index contributed by atoms with van der Waals surface area (Å²) >= 11 is 3.01. The highest BCUT2D eigenvalue weighted by atomic mass is 32.2. The fourth-order valence-electron chi connectivity index (χ4n) is 2.37. The molecule has 0 amide bonds. The van der Waals surface area contributed by atoms with Crippen molar-refractivity contribution in [3.63, 3.8) is 0 Å². The van der Waals surface area contributed by atoms with Crippen molar-refractivity contribution in [1.82, 2.24) is 19.9 Å². The first kappa shape index (κ1) is 18.4. The summed E-state index contributed by atoms with van der Waals surface area (Å²) in [5.74, 6) is 9.19. The van der Waals surface area contributed by atoms with Gasteiger partial charge in [-0.2, -0.15) is 0 Å². The molecule has 3 aromatic heterocycles. The van der Waals surface area contributed by atoms with E-state index in [1.807, 2.05) is 35.7 Å². The number of thiophene rings is 1. The lowest BCUT2D eigenvalue weighted by atomic mass is 10.3. The van der Waals surface area contributed by atoms with Crippen LogP contribution in [-0.4, -0.2) is 27.0 Å². The van der Waals surface area contributed by atoms with E-state index in [1.54, 1.807) is 30.8 Å². The maximum atomic E-state index is 6.09. The van der Waals surface area contributed by atoms with Gasteiger partial charge in [-0.3, -0.25) is 0 Å². The highest BCUT2D eigenvalue weighted by Gasteiger charge is 2.13. The number of methoxy groups -OCH3 is 1. The SMILES string of the molecule is COc1cccc(OCc2nnc(SCc3coc(-c4cccs4)n3)n2N)c1. The third kappa shape index (κ3) is 4.12. The van der Waals surface area contributed by atoms with Crippen LogP contribution in [0.15, 0.2) is 57.6 Å². The number of ether oxygens (including phenoxy) is 2. The topological polar surface area (TPSA) is 101 Å². The first-order valence-corrected chi connectivity index (χ1v) is 10.2. The lowest BCUT2D eigenvalue weighted by Gasteiger charge is -2.07. The van der Waals surface area contributed by atoms with E-state index in [-0.39, 0.29) is 6.61 Å². The Morgan fingerprint density at radius 2 is 2.11 bits per heavy atom. The molecule has 0 aliphatic rings. The second-order valence-corrected chi connectivity index (χ2v) is 7.54. The Morgan fingerprint density at radius 3 is 2.93 bits per heavy atom. The second-order valence-electron chi connectivity index (χ2n) is 5.65. The molecule has 0 radical (unpaired) electrons. The van der Waals surface area contributed by atoms with Crippen LogP contribution in [0.4, 0.5) is 0 Å². The number of benzene rings is 1. The molecule has 0 aliphatic heterocycles. The van der Waals surface area contributed by atoms with Crippen LogP contribution in [-0.2, 0) is 12.4 Å². The molecule has 28 heavy (non-hydrogen) atoms. The molecule has 0 fully saturated rings. The van der Waals surface area contributed by atoms with Crippen molar-refractivity contribution in [2.75, 3.05) is 13.0 Å². The Morgan fingerprint density at radius 1 is 1.21 bits per heavy atom. The van der Waals surface area contributed by atoms with Crippen molar-refractivity contribution in [3.8, 4) is 22.3 Å². The number of hydrogen-bond donors (Lipinski definition) is 1. The number of thioether (sulfide) groups is 1. The standard InChI is InChI=1S/C18H17N5O3S2/c1-24-13-4-2-5-14(8-13)25-10-16-21-22-18(23(16)19)28-11-12-9-26-17(20-12)15-6-3-7-27-15/h2-9H,10-11,19H2,1H3. The van der Waals surface area contributed by atoms with Gasteiger partial charge < -0.3 is 19.7 Å². The minimum atomic E-state index is 0.198. The number of oxazole rings is 1. The van der Waals surface area contributed by atoms with Crippen molar-refractivity contribution < 1.29 is 13.9 Å². The molecule has 0 bridgehead atoms. The Labute approximate surface area is 169 Å². The van der Waals surface area contributed by atoms with Gasteiger partial charge in [0.25, 0.3) is 0 Å². The van der Waals surface area contributed by atoms with E-state index in [0.717, 1.165) is 16.3 Å². The summed E-state index contributed by atoms with van der Waals surface area (Å²) in [6.45, 7) is 0.198. The molecule has 4 rings (SSSR count). The fraction of sp³-hybridized carbons (Fsp3) is 0.167. The van der Waals surface area contributed by atoms with Crippen LogP contribution in [0.5, 0.6) is 11.5 Å². The average Bonchev–Trinajstić information content (AvgIpc) is 3.47. The highest BCUT2D eigenvalue weighted by Crippen LogP contribution is 2.26. The third-order valence-corrected chi connectivity index (χ3v) is 5.61. The summed E-state index contributed by atoms with van der Waals surface area (Å²) in [5.41, 5.74) is 0.811. The minimum absolute atomic E-state index is 0.198. The molecule has 0 atom stereocenters. The second kappa shape index (κ2) is 8.36. The lowest BCUT2D eigenvalue weighted by molar-refractivity contribution is 0.289. The summed E-state index contributed by atoms with van der Waals surface area (Å²) in [6, 6.07) is 11.3. The first-order chi connectivity index (χ1) is 13.7. The smallest absolute Gasteiger partial charge is 0.236 e. The van der Waals surface area contributed by atoms with Gasteiger partial charge >= 0.3 is 0 Å². The van der Waals surface area contributed by atoms with E-state index >= 15 is 0 Å². The van der Waals surface area contributed by atoms with Crippen LogP contribution < -0.4 is 15.3 Å². The van der Waals surface area contributed by atoms with E-state index in [4.69, 9.17) is 19.7 Å². The fourth-order valence-corrected chi connectivity index (χ4v) is 3.78. The number of rotatable bonds is 8. The van der Waals surface area contributed by atoms with Gasteiger partial charge in [0, 0.05) is 11.8 Å². The molecule has 2 N–H and O–H groups in total. The van der Waals surface area contributed by atoms with Crippen LogP contribution in [0, 0.1) is 0 Å². The Kier molecular flexibility index (Phi) is 5.49. The zero-order chi connectivity index (χ0) is 19.3. The van der Waals surface area contributed by atoms with Crippen LogP contribution in [0.25, 0.3) is 10.8 Å². The summed E-state index contributed by atoms with van der Waals surface area (Å²) in [7, 11) is 1.61. The molecule has 4 aromatic rings. The molecule has 1 aromatic carbocycles. The predicted molar refractivity (Wildman–Crippen MR) is 107 cm³/mol. The van der Waals surface area contributed by atoms with Crippen molar-refractivity contribution in [3.05, 3.63) is 59.6 Å². The number of nitrogens with zero attached hydrogens (tertiary/aromatic N) is 4. The van der Waals surface area contributed by atoms with Crippen LogP contribution in [0.1, 0.15) is 11.5 Å². The van der Waals surface area contributed by atoms with E-state index in [2.05, 4.69) is 15.2 Å². The Balaban J connectivity index is 1.35. The normalized spacial score (nSPS) is 10.9. The molecule has 3 heterocycles. The molecule has 0 saturated carbocycles. The average molecular weight is 416 g/mol. The van der Waals surface area contributed by atoms with E-state index in [1.165, 1.54) is 16.4 Å². The van der Waals surface area contributed by atoms with Gasteiger partial charge in [0.2, 0.25) is 11.0 Å². The molecule has 0 saturated heterocycles. The Hall–Kier alpha value is -2.98. The van der Waals surface area contributed by atoms with Crippen LogP contribution in [0.2, 0.25) is 0 Å². The maximum absolute atomic E-state index is 6.09. The Bertz CT molecular complexity index is 1050. The monoisotopic (exact) mass is 415 g/mol. The largest absolute Gasteiger partial charge is 0.497 e. The quantitative estimate of drug-likeness (QED) is 0.344. The molecule has 0 spiro atoms. The van der Waals surface area contributed by atoms with Crippen molar-refractivity contribution in [2.45, 2.75) is 17.5 Å². The van der Waals surface area contributed by atoms with Crippen molar-refractivity contribution >= 4 is 23.1 Å². The minimum Gasteiger partial charge on any atom is -0.497 e. The van der Waals surface area contributed by atoms with Gasteiger partial charge in [0.05, 0.1) is 17.7 Å². The number of hydrogen-bond acceptors (Lipinski definition) is 9. The van der Waals surface area contributed by atoms with E-state index in [9.17, 15) is 0 Å². The van der Waals surface area contributed by atoms with Crippen LogP contribution >= 0.6 is 23.1 Å². The van der Waals surface area contributed by atoms with E-state index < -0.39 is 0 Å². The summed E-state index contributed by atoms with van der Waals surface area (Å²) < 4.78 is 17.8. The van der Waals surface area contributed by atoms with Gasteiger partial charge in [0.15, 0.2) is 5.82 Å². The van der Waals surface area contributed by atoms with Gasteiger partial charge in [0.1, 0.15) is 24.4 Å². The van der Waals surface area contributed by atoms with Gasteiger partial charge in [-0.1, -0.05) is 23.9 Å². The molecule has 8 nitrogen and oxygen atoms in total. The van der Waals surface area contributed by atoms with Crippen LogP contribution in [0.3, 0.4) is 0 Å². The summed E-state index contributed by atoms with van der Waals surface area (Å²) in [6.07, 6.45) is 1.64. The first-order valence-electron chi connectivity index (χ1n) is 8.30. The summed E-state index contributed by atoms with van der Waals surface area (Å²) in [4.78, 5) is 5.48.